The number of pyridine rings is 2. The van der Waals surface area contributed by atoms with Crippen molar-refractivity contribution in [3.63, 3.8) is 0 Å². The number of carbonyl (C=O) groups is 1. The van der Waals surface area contributed by atoms with Gasteiger partial charge in [0.25, 0.3) is 0 Å². The van der Waals surface area contributed by atoms with Crippen molar-refractivity contribution in [2.45, 2.75) is 32.1 Å². The maximum Gasteiger partial charge on any atom is 0.307 e. The van der Waals surface area contributed by atoms with E-state index in [4.69, 9.17) is 11.6 Å². The van der Waals surface area contributed by atoms with E-state index in [0.29, 0.717) is 21.6 Å². The monoisotopic (exact) mass is 431 g/mol. The number of carboxylic acids is 1. The lowest BCUT2D eigenvalue weighted by molar-refractivity contribution is -0.152. The third-order valence-electron chi connectivity index (χ3n) is 6.86. The van der Waals surface area contributed by atoms with Crippen LogP contribution >= 0.6 is 11.6 Å². The highest BCUT2D eigenvalue weighted by Crippen LogP contribution is 2.50. The van der Waals surface area contributed by atoms with Gasteiger partial charge in [0.1, 0.15) is 17.2 Å². The van der Waals surface area contributed by atoms with Crippen molar-refractivity contribution in [2.75, 3.05) is 0 Å². The summed E-state index contributed by atoms with van der Waals surface area (Å²) < 4.78 is 29.4. The molecule has 0 radical (unpaired) electrons. The fraction of sp³-hybridized carbons (Fsp3) is 0.409. The molecule has 3 aromatic heterocycles. The van der Waals surface area contributed by atoms with Gasteiger partial charge in [-0.1, -0.05) is 11.6 Å². The Balaban J connectivity index is 1.55. The Morgan fingerprint density at radius 1 is 1.17 bits per heavy atom. The summed E-state index contributed by atoms with van der Waals surface area (Å²) in [5.74, 6) is -2.66. The highest BCUT2D eigenvalue weighted by Gasteiger charge is 2.47. The number of rotatable bonds is 4. The van der Waals surface area contributed by atoms with Crippen LogP contribution in [0.1, 0.15) is 31.4 Å². The Morgan fingerprint density at radius 3 is 2.63 bits per heavy atom. The Hall–Kier alpha value is -2.54. The second kappa shape index (κ2) is 7.30. The summed E-state index contributed by atoms with van der Waals surface area (Å²) in [6.45, 7) is 0. The summed E-state index contributed by atoms with van der Waals surface area (Å²) in [6, 6.07) is 2.49. The summed E-state index contributed by atoms with van der Waals surface area (Å²) >= 11 is 6.04. The summed E-state index contributed by atoms with van der Waals surface area (Å²) in [7, 11) is 0. The molecule has 3 fully saturated rings. The van der Waals surface area contributed by atoms with Crippen molar-refractivity contribution >= 4 is 28.6 Å². The van der Waals surface area contributed by atoms with E-state index in [9.17, 15) is 18.7 Å². The van der Waals surface area contributed by atoms with Crippen molar-refractivity contribution in [1.29, 1.82) is 0 Å². The number of aromatic nitrogens is 3. The number of halogens is 3. The SMILES string of the molecule is O=C(O)[C@@H]1C2CCC(CC2)[C@H]1Cc1nc(-c2c[nH]c3ncc(Cl)cc23)c(F)cc1F. The summed E-state index contributed by atoms with van der Waals surface area (Å²) in [4.78, 5) is 23.4. The Labute approximate surface area is 176 Å². The second-order valence-electron chi connectivity index (χ2n) is 8.41. The molecule has 0 aliphatic heterocycles. The summed E-state index contributed by atoms with van der Waals surface area (Å²) in [5, 5.41) is 10.8. The molecule has 2 N–H and O–H groups in total. The molecule has 3 aromatic rings. The highest BCUT2D eigenvalue weighted by molar-refractivity contribution is 6.31. The highest BCUT2D eigenvalue weighted by atomic mass is 35.5. The van der Waals surface area contributed by atoms with Crippen LogP contribution < -0.4 is 0 Å². The average molecular weight is 432 g/mol. The van der Waals surface area contributed by atoms with Gasteiger partial charge in [-0.15, -0.1) is 0 Å². The van der Waals surface area contributed by atoms with Crippen LogP contribution in [0.3, 0.4) is 0 Å². The van der Waals surface area contributed by atoms with Gasteiger partial charge in [0, 0.05) is 29.4 Å². The number of H-pyrrole nitrogens is 1. The fourth-order valence-corrected chi connectivity index (χ4v) is 5.65. The van der Waals surface area contributed by atoms with Crippen molar-refractivity contribution in [2.24, 2.45) is 23.7 Å². The lowest BCUT2D eigenvalue weighted by Gasteiger charge is -2.46. The Morgan fingerprint density at radius 2 is 1.90 bits per heavy atom. The first kappa shape index (κ1) is 19.4. The molecule has 2 bridgehead atoms. The minimum atomic E-state index is -0.825. The maximum absolute atomic E-state index is 14.7. The molecule has 156 valence electrons. The molecule has 0 spiro atoms. The maximum atomic E-state index is 14.7. The van der Waals surface area contributed by atoms with Crippen LogP contribution in [0.2, 0.25) is 5.02 Å². The third-order valence-corrected chi connectivity index (χ3v) is 7.07. The van der Waals surface area contributed by atoms with E-state index in [1.807, 2.05) is 0 Å². The molecule has 0 saturated heterocycles. The van der Waals surface area contributed by atoms with Gasteiger partial charge in [-0.2, -0.15) is 0 Å². The third kappa shape index (κ3) is 3.16. The molecule has 0 aromatic carbocycles. The number of aliphatic carboxylic acids is 1. The molecule has 3 aliphatic rings. The number of nitrogens with one attached hydrogen (secondary N) is 1. The average Bonchev–Trinajstić information content (AvgIpc) is 3.13. The van der Waals surface area contributed by atoms with Crippen molar-refractivity contribution in [3.8, 4) is 11.3 Å². The zero-order chi connectivity index (χ0) is 21.0. The molecular weight excluding hydrogens is 412 g/mol. The van der Waals surface area contributed by atoms with Crippen LogP contribution in [0.25, 0.3) is 22.3 Å². The number of aromatic amines is 1. The predicted octanol–water partition coefficient (Wildman–Crippen LogP) is 5.24. The normalized spacial score (nSPS) is 25.7. The lowest BCUT2D eigenvalue weighted by atomic mass is 9.57. The molecule has 3 aliphatic carbocycles. The first-order valence-corrected chi connectivity index (χ1v) is 10.5. The fourth-order valence-electron chi connectivity index (χ4n) is 5.49. The standard InChI is InChI=1S/C22H20ClF2N3O2/c23-12-5-14-15(9-27-21(14)26-8-12)20-17(25)7-16(24)18(28-20)6-13-10-1-3-11(4-2-10)19(13)22(29)30/h5,7-11,13,19H,1-4,6H2,(H,26,27)(H,29,30)/t10?,11?,13-,19-/m1/s1. The van der Waals surface area contributed by atoms with Crippen molar-refractivity contribution < 1.29 is 18.7 Å². The molecule has 8 heteroatoms. The molecule has 6 rings (SSSR count). The van der Waals surface area contributed by atoms with Gasteiger partial charge in [-0.25, -0.2) is 18.7 Å². The van der Waals surface area contributed by atoms with Crippen LogP contribution in [0, 0.1) is 35.3 Å². The van der Waals surface area contributed by atoms with Crippen LogP contribution in [0.15, 0.2) is 24.5 Å². The van der Waals surface area contributed by atoms with Crippen LogP contribution in [0.5, 0.6) is 0 Å². The quantitative estimate of drug-likeness (QED) is 0.592. The molecule has 3 heterocycles. The first-order valence-electron chi connectivity index (χ1n) is 10.1. The predicted molar refractivity (Wildman–Crippen MR) is 108 cm³/mol. The van der Waals surface area contributed by atoms with E-state index in [0.717, 1.165) is 31.7 Å². The van der Waals surface area contributed by atoms with Gasteiger partial charge in [-0.05, 0) is 55.9 Å². The minimum Gasteiger partial charge on any atom is -0.481 e. The van der Waals surface area contributed by atoms with E-state index in [-0.39, 0.29) is 35.6 Å². The smallest absolute Gasteiger partial charge is 0.307 e. The molecule has 3 saturated carbocycles. The van der Waals surface area contributed by atoms with Gasteiger partial charge < -0.3 is 10.1 Å². The van der Waals surface area contributed by atoms with Gasteiger partial charge >= 0.3 is 5.97 Å². The van der Waals surface area contributed by atoms with Gasteiger partial charge in [-0.3, -0.25) is 4.79 Å². The topological polar surface area (TPSA) is 78.9 Å². The van der Waals surface area contributed by atoms with Crippen molar-refractivity contribution in [3.05, 3.63) is 46.9 Å². The van der Waals surface area contributed by atoms with E-state index >= 15 is 0 Å². The molecular formula is C22H20ClF2N3O2. The van der Waals surface area contributed by atoms with E-state index < -0.39 is 23.5 Å². The Bertz CT molecular complexity index is 1140. The van der Waals surface area contributed by atoms with Crippen LogP contribution in [0.4, 0.5) is 8.78 Å². The molecule has 0 unspecified atom stereocenters. The number of hydrogen-bond donors (Lipinski definition) is 2. The van der Waals surface area contributed by atoms with Gasteiger partial charge in [0.05, 0.1) is 16.6 Å². The van der Waals surface area contributed by atoms with E-state index in [1.165, 1.54) is 6.20 Å². The van der Waals surface area contributed by atoms with Crippen LogP contribution in [-0.4, -0.2) is 26.0 Å². The zero-order valence-corrected chi connectivity index (χ0v) is 16.8. The minimum absolute atomic E-state index is 0.00885. The molecule has 0 amide bonds. The second-order valence-corrected chi connectivity index (χ2v) is 8.84. The lowest BCUT2D eigenvalue weighted by Crippen LogP contribution is -2.45. The number of carboxylic acid groups (broad SMARTS) is 1. The first-order chi connectivity index (χ1) is 14.4. The number of fused-ring (bicyclic) bond motifs is 4. The number of nitrogens with zero attached hydrogens (tertiary/aromatic N) is 2. The molecule has 30 heavy (non-hydrogen) atoms. The molecule has 2 atom stereocenters. The van der Waals surface area contributed by atoms with Crippen molar-refractivity contribution in [1.82, 2.24) is 15.0 Å². The largest absolute Gasteiger partial charge is 0.481 e. The number of hydrogen-bond acceptors (Lipinski definition) is 3. The van der Waals surface area contributed by atoms with Crippen LogP contribution in [-0.2, 0) is 11.2 Å². The zero-order valence-electron chi connectivity index (χ0n) is 16.0. The van der Waals surface area contributed by atoms with Gasteiger partial charge in [0.2, 0.25) is 0 Å². The Kier molecular flexibility index (Phi) is 4.73. The van der Waals surface area contributed by atoms with E-state index in [1.54, 1.807) is 12.3 Å². The molecule has 5 nitrogen and oxygen atoms in total. The summed E-state index contributed by atoms with van der Waals surface area (Å²) in [6.07, 6.45) is 6.98. The summed E-state index contributed by atoms with van der Waals surface area (Å²) in [5.41, 5.74) is 1.09. The van der Waals surface area contributed by atoms with E-state index in [2.05, 4.69) is 15.0 Å². The van der Waals surface area contributed by atoms with Gasteiger partial charge in [0.15, 0.2) is 5.82 Å².